The molecule has 0 aliphatic carbocycles. The highest BCUT2D eigenvalue weighted by molar-refractivity contribution is 7.92. The van der Waals surface area contributed by atoms with E-state index in [1.54, 1.807) is 16.4 Å². The normalized spacial score (nSPS) is 22.8. The van der Waals surface area contributed by atoms with Crippen molar-refractivity contribution in [3.8, 4) is 0 Å². The number of ether oxygens (including phenoxy) is 1. The molecular weight excluding hydrogens is 418 g/mol. The fraction of sp³-hybridized carbons (Fsp3) is 0.333. The zero-order valence-corrected chi connectivity index (χ0v) is 19.6. The molecule has 3 aromatic carbocycles. The summed E-state index contributed by atoms with van der Waals surface area (Å²) in [6.45, 7) is 7.20. The molecular formula is C27H29NO3S. The molecule has 2 heterocycles. The van der Waals surface area contributed by atoms with Gasteiger partial charge in [-0.05, 0) is 62.4 Å². The molecule has 0 spiro atoms. The van der Waals surface area contributed by atoms with Gasteiger partial charge in [0.2, 0.25) is 0 Å². The Kier molecular flexibility index (Phi) is 5.34. The Balaban J connectivity index is 1.62. The number of hydrogen-bond donors (Lipinski definition) is 0. The molecule has 3 aromatic rings. The fourth-order valence-electron chi connectivity index (χ4n) is 5.13. The quantitative estimate of drug-likeness (QED) is 0.519. The van der Waals surface area contributed by atoms with Gasteiger partial charge in [-0.3, -0.25) is 4.31 Å². The summed E-state index contributed by atoms with van der Waals surface area (Å²) in [5.41, 5.74) is 6.44. The molecule has 1 fully saturated rings. The van der Waals surface area contributed by atoms with E-state index in [4.69, 9.17) is 4.74 Å². The molecule has 0 bridgehead atoms. The number of anilines is 1. The lowest BCUT2D eigenvalue weighted by Crippen LogP contribution is -2.46. The summed E-state index contributed by atoms with van der Waals surface area (Å²) in [5, 5.41) is 0. The lowest BCUT2D eigenvalue weighted by molar-refractivity contribution is -0.0384. The Hall–Kier alpha value is -2.63. The van der Waals surface area contributed by atoms with E-state index in [1.165, 1.54) is 5.56 Å². The highest BCUT2D eigenvalue weighted by atomic mass is 32.2. The predicted octanol–water partition coefficient (Wildman–Crippen LogP) is 5.68. The van der Waals surface area contributed by atoms with Crippen molar-refractivity contribution in [1.82, 2.24) is 0 Å². The summed E-state index contributed by atoms with van der Waals surface area (Å²) in [6.07, 6.45) is 0.778. The third-order valence-electron chi connectivity index (χ3n) is 6.87. The van der Waals surface area contributed by atoms with Gasteiger partial charge in [0.05, 0.1) is 16.7 Å². The summed E-state index contributed by atoms with van der Waals surface area (Å²) in [5.74, 6) is 0.329. The Morgan fingerprint density at radius 1 is 0.844 bits per heavy atom. The SMILES string of the molecule is Cc1ccc([C@H]2OCC[C@H]3c4cc(C)ccc4N(S(=O)(=O)c4ccc(C)cc4)C[C@H]23)cc1. The minimum absolute atomic E-state index is 0.0565. The number of rotatable bonds is 3. The summed E-state index contributed by atoms with van der Waals surface area (Å²) >= 11 is 0. The van der Waals surface area contributed by atoms with Crippen LogP contribution >= 0.6 is 0 Å². The first-order valence-corrected chi connectivity index (χ1v) is 12.7. The van der Waals surface area contributed by atoms with E-state index in [2.05, 4.69) is 44.2 Å². The topological polar surface area (TPSA) is 46.6 Å². The molecule has 2 aliphatic rings. The van der Waals surface area contributed by atoms with Gasteiger partial charge < -0.3 is 4.74 Å². The van der Waals surface area contributed by atoms with Gasteiger partial charge in [0.1, 0.15) is 0 Å². The van der Waals surface area contributed by atoms with Crippen LogP contribution < -0.4 is 4.31 Å². The molecule has 0 unspecified atom stereocenters. The molecule has 5 heteroatoms. The van der Waals surface area contributed by atoms with Crippen LogP contribution in [0.3, 0.4) is 0 Å². The maximum atomic E-state index is 13.8. The van der Waals surface area contributed by atoms with E-state index >= 15 is 0 Å². The summed E-state index contributed by atoms with van der Waals surface area (Å²) < 4.78 is 35.5. The molecule has 4 nitrogen and oxygen atoms in total. The van der Waals surface area contributed by atoms with Crippen LogP contribution in [0.1, 0.15) is 46.3 Å². The van der Waals surface area contributed by atoms with Crippen LogP contribution in [-0.4, -0.2) is 21.6 Å². The van der Waals surface area contributed by atoms with Crippen molar-refractivity contribution in [1.29, 1.82) is 0 Å². The molecule has 0 saturated carbocycles. The molecule has 0 amide bonds. The maximum Gasteiger partial charge on any atom is 0.264 e. The third-order valence-corrected chi connectivity index (χ3v) is 8.67. The van der Waals surface area contributed by atoms with E-state index in [1.807, 2.05) is 31.2 Å². The highest BCUT2D eigenvalue weighted by Crippen LogP contribution is 2.50. The van der Waals surface area contributed by atoms with Crippen LogP contribution in [0.15, 0.2) is 71.6 Å². The molecule has 5 rings (SSSR count). The molecule has 0 radical (unpaired) electrons. The number of sulfonamides is 1. The minimum Gasteiger partial charge on any atom is -0.373 e. The number of nitrogens with zero attached hydrogens (tertiary/aromatic N) is 1. The van der Waals surface area contributed by atoms with Crippen LogP contribution in [0.5, 0.6) is 0 Å². The number of benzene rings is 3. The highest BCUT2D eigenvalue weighted by Gasteiger charge is 2.44. The first-order chi connectivity index (χ1) is 15.3. The van der Waals surface area contributed by atoms with Crippen molar-refractivity contribution in [2.24, 2.45) is 5.92 Å². The van der Waals surface area contributed by atoms with Gasteiger partial charge >= 0.3 is 0 Å². The Labute approximate surface area is 190 Å². The van der Waals surface area contributed by atoms with Gasteiger partial charge in [0, 0.05) is 19.1 Å². The minimum atomic E-state index is -3.69. The molecule has 0 N–H and O–H groups in total. The van der Waals surface area contributed by atoms with Gasteiger partial charge in [-0.1, -0.05) is 65.2 Å². The first kappa shape index (κ1) is 21.2. The number of hydrogen-bond acceptors (Lipinski definition) is 3. The van der Waals surface area contributed by atoms with Gasteiger partial charge in [0.15, 0.2) is 0 Å². The lowest BCUT2D eigenvalue weighted by Gasteiger charge is -2.46. The van der Waals surface area contributed by atoms with Crippen molar-refractivity contribution in [2.45, 2.75) is 44.1 Å². The second-order valence-electron chi connectivity index (χ2n) is 9.17. The fourth-order valence-corrected chi connectivity index (χ4v) is 6.66. The Morgan fingerprint density at radius 3 is 2.16 bits per heavy atom. The molecule has 2 aliphatic heterocycles. The van der Waals surface area contributed by atoms with E-state index in [0.29, 0.717) is 18.0 Å². The first-order valence-electron chi connectivity index (χ1n) is 11.2. The van der Waals surface area contributed by atoms with Gasteiger partial charge in [-0.2, -0.15) is 0 Å². The second kappa shape index (κ2) is 8.05. The predicted molar refractivity (Wildman–Crippen MR) is 128 cm³/mol. The van der Waals surface area contributed by atoms with Crippen molar-refractivity contribution in [3.05, 3.63) is 94.5 Å². The second-order valence-corrected chi connectivity index (χ2v) is 11.0. The third kappa shape index (κ3) is 3.63. The van der Waals surface area contributed by atoms with Crippen LogP contribution in [0.25, 0.3) is 0 Å². The van der Waals surface area contributed by atoms with Crippen LogP contribution in [-0.2, 0) is 14.8 Å². The van der Waals surface area contributed by atoms with Crippen LogP contribution in [0, 0.1) is 26.7 Å². The van der Waals surface area contributed by atoms with Crippen molar-refractivity contribution in [2.75, 3.05) is 17.5 Å². The molecule has 166 valence electrons. The molecule has 0 aromatic heterocycles. The largest absolute Gasteiger partial charge is 0.373 e. The summed E-state index contributed by atoms with van der Waals surface area (Å²) in [4.78, 5) is 0.330. The molecule has 3 atom stereocenters. The van der Waals surface area contributed by atoms with E-state index in [0.717, 1.165) is 34.4 Å². The van der Waals surface area contributed by atoms with Gasteiger partial charge in [-0.25, -0.2) is 8.42 Å². The molecule has 1 saturated heterocycles. The standard InChI is InChI=1S/C27H29NO3S/c1-18-4-9-21(10-5-18)27-25-17-28(32(29,30)22-11-6-19(2)7-12-22)26-13-8-20(3)16-24(26)23(25)14-15-31-27/h4-13,16,23,25,27H,14-15,17H2,1-3H3/t23-,25-,27+/m0/s1. The lowest BCUT2D eigenvalue weighted by atomic mass is 9.74. The van der Waals surface area contributed by atoms with E-state index < -0.39 is 10.0 Å². The van der Waals surface area contributed by atoms with Crippen molar-refractivity contribution < 1.29 is 13.2 Å². The van der Waals surface area contributed by atoms with Crippen LogP contribution in [0.2, 0.25) is 0 Å². The number of fused-ring (bicyclic) bond motifs is 3. The summed E-state index contributed by atoms with van der Waals surface area (Å²) in [7, 11) is -3.69. The van der Waals surface area contributed by atoms with Crippen molar-refractivity contribution >= 4 is 15.7 Å². The van der Waals surface area contributed by atoms with E-state index in [-0.39, 0.29) is 17.9 Å². The Bertz CT molecular complexity index is 1230. The maximum absolute atomic E-state index is 13.8. The van der Waals surface area contributed by atoms with Crippen LogP contribution in [0.4, 0.5) is 5.69 Å². The smallest absolute Gasteiger partial charge is 0.264 e. The Morgan fingerprint density at radius 2 is 1.47 bits per heavy atom. The average molecular weight is 448 g/mol. The average Bonchev–Trinajstić information content (AvgIpc) is 2.79. The zero-order valence-electron chi connectivity index (χ0n) is 18.8. The van der Waals surface area contributed by atoms with Gasteiger partial charge in [0.25, 0.3) is 10.0 Å². The van der Waals surface area contributed by atoms with E-state index in [9.17, 15) is 8.42 Å². The zero-order chi connectivity index (χ0) is 22.5. The summed E-state index contributed by atoms with van der Waals surface area (Å²) in [6, 6.07) is 21.7. The van der Waals surface area contributed by atoms with Gasteiger partial charge in [-0.15, -0.1) is 0 Å². The monoisotopic (exact) mass is 447 g/mol. The molecule has 32 heavy (non-hydrogen) atoms. The van der Waals surface area contributed by atoms with Crippen molar-refractivity contribution in [3.63, 3.8) is 0 Å². The number of aryl methyl sites for hydroxylation is 3.